The van der Waals surface area contributed by atoms with Crippen molar-refractivity contribution >= 4 is 40.0 Å². The highest BCUT2D eigenvalue weighted by Crippen LogP contribution is 2.29. The topological polar surface area (TPSA) is 69.4 Å². The van der Waals surface area contributed by atoms with Crippen molar-refractivity contribution in [3.63, 3.8) is 0 Å². The number of carbonyl (C=O) groups excluding carboxylic acids is 1. The van der Waals surface area contributed by atoms with Gasteiger partial charge in [-0.3, -0.25) is 4.79 Å². The van der Waals surface area contributed by atoms with E-state index in [9.17, 15) is 9.59 Å². The van der Waals surface area contributed by atoms with E-state index >= 15 is 0 Å². The molecule has 130 valence electrons. The molecule has 0 fully saturated rings. The van der Waals surface area contributed by atoms with Crippen molar-refractivity contribution in [2.45, 2.75) is 30.4 Å². The predicted molar refractivity (Wildman–Crippen MR) is 99.2 cm³/mol. The zero-order chi connectivity index (χ0) is 17.8. The van der Waals surface area contributed by atoms with Crippen molar-refractivity contribution in [2.24, 2.45) is 0 Å². The maximum atomic E-state index is 11.8. The van der Waals surface area contributed by atoms with Crippen LogP contribution in [-0.4, -0.2) is 17.6 Å². The Morgan fingerprint density at radius 1 is 1.36 bits per heavy atom. The largest absolute Gasteiger partial charge is 0.466 e. The van der Waals surface area contributed by atoms with E-state index in [0.29, 0.717) is 23.6 Å². The van der Waals surface area contributed by atoms with Crippen molar-refractivity contribution in [2.75, 3.05) is 6.61 Å². The van der Waals surface area contributed by atoms with Crippen molar-refractivity contribution < 1.29 is 13.9 Å². The molecule has 0 unspecified atom stereocenters. The van der Waals surface area contributed by atoms with Crippen LogP contribution in [0.5, 0.6) is 0 Å². The Balaban J connectivity index is 1.74. The average Bonchev–Trinajstić information content (AvgIpc) is 2.99. The fourth-order valence-electron chi connectivity index (χ4n) is 2.39. The second-order valence-corrected chi connectivity index (χ2v) is 7.55. The molecule has 3 aromatic rings. The van der Waals surface area contributed by atoms with Crippen molar-refractivity contribution in [1.82, 2.24) is 4.98 Å². The summed E-state index contributed by atoms with van der Waals surface area (Å²) in [5.41, 5.74) is 2.92. The molecule has 2 heterocycles. The number of thiazole rings is 1. The zero-order valence-electron chi connectivity index (χ0n) is 13.9. The van der Waals surface area contributed by atoms with Gasteiger partial charge < -0.3 is 9.15 Å². The molecule has 0 N–H and O–H groups in total. The molecular weight excluding hydrogens is 358 g/mol. The maximum Gasteiger partial charge on any atom is 0.336 e. The Labute approximate surface area is 153 Å². The Bertz CT molecular complexity index is 961. The molecule has 5 nitrogen and oxygen atoms in total. The quantitative estimate of drug-likeness (QED) is 0.369. The molecule has 7 heteroatoms. The lowest BCUT2D eigenvalue weighted by molar-refractivity contribution is -0.142. The van der Waals surface area contributed by atoms with Crippen molar-refractivity contribution in [1.29, 1.82) is 0 Å². The summed E-state index contributed by atoms with van der Waals surface area (Å²) in [4.78, 5) is 27.7. The van der Waals surface area contributed by atoms with Gasteiger partial charge in [-0.05, 0) is 31.0 Å². The number of rotatable bonds is 6. The first-order valence-electron chi connectivity index (χ1n) is 7.81. The molecule has 0 aliphatic carbocycles. The number of thioether (sulfide) groups is 1. The van der Waals surface area contributed by atoms with Crippen LogP contribution in [0, 0.1) is 6.92 Å². The molecule has 25 heavy (non-hydrogen) atoms. The molecule has 0 saturated heterocycles. The van der Waals surface area contributed by atoms with Crippen LogP contribution in [0.15, 0.2) is 43.2 Å². The summed E-state index contributed by atoms with van der Waals surface area (Å²) in [6.07, 6.45) is 0.183. The highest BCUT2D eigenvalue weighted by Gasteiger charge is 2.11. The SMILES string of the molecule is CCOC(=O)Cc1csc(SCc2cc(=O)oc3cc(C)ccc23)n1. The average molecular weight is 375 g/mol. The summed E-state index contributed by atoms with van der Waals surface area (Å²) in [6, 6.07) is 7.36. The van der Waals surface area contributed by atoms with Crippen molar-refractivity contribution in [3.8, 4) is 0 Å². The van der Waals surface area contributed by atoms with Gasteiger partial charge in [-0.15, -0.1) is 11.3 Å². The molecule has 2 aromatic heterocycles. The smallest absolute Gasteiger partial charge is 0.336 e. The summed E-state index contributed by atoms with van der Waals surface area (Å²) >= 11 is 3.02. The molecule has 0 saturated carbocycles. The summed E-state index contributed by atoms with van der Waals surface area (Å²) < 4.78 is 11.1. The minimum atomic E-state index is -0.351. The van der Waals surface area contributed by atoms with Gasteiger partial charge >= 0.3 is 11.6 Å². The number of ether oxygens (including phenoxy) is 1. The number of fused-ring (bicyclic) bond motifs is 1. The lowest BCUT2D eigenvalue weighted by atomic mass is 10.1. The Hall–Kier alpha value is -2.12. The second kappa shape index (κ2) is 7.84. The van der Waals surface area contributed by atoms with Gasteiger partial charge in [0.15, 0.2) is 0 Å². The van der Waals surface area contributed by atoms with E-state index in [0.717, 1.165) is 20.9 Å². The van der Waals surface area contributed by atoms with Crippen LogP contribution in [0.25, 0.3) is 11.0 Å². The molecular formula is C18H17NO4S2. The van der Waals surface area contributed by atoms with Crippen LogP contribution in [0.3, 0.4) is 0 Å². The van der Waals surface area contributed by atoms with E-state index in [1.807, 2.05) is 30.5 Å². The number of aromatic nitrogens is 1. The number of hydrogen-bond donors (Lipinski definition) is 0. The standard InChI is InChI=1S/C18H17NO4S2/c1-3-22-16(20)8-13-10-25-18(19-13)24-9-12-7-17(21)23-15-6-11(2)4-5-14(12)15/h4-7,10H,3,8-9H2,1-2H3. The summed E-state index contributed by atoms with van der Waals surface area (Å²) in [7, 11) is 0. The first kappa shape index (κ1) is 17.7. The third-order valence-corrected chi connectivity index (χ3v) is 5.62. The molecule has 0 spiro atoms. The van der Waals surface area contributed by atoms with Crippen LogP contribution in [-0.2, 0) is 21.7 Å². The van der Waals surface area contributed by atoms with Crippen molar-refractivity contribution in [3.05, 3.63) is 56.9 Å². The van der Waals surface area contributed by atoms with Gasteiger partial charge in [0, 0.05) is 22.6 Å². The molecule has 0 bridgehead atoms. The first-order valence-corrected chi connectivity index (χ1v) is 9.68. The molecule has 3 rings (SSSR count). The van der Waals surface area contributed by atoms with Gasteiger partial charge in [0.05, 0.1) is 18.7 Å². The molecule has 0 aliphatic rings. The third kappa shape index (κ3) is 4.49. The van der Waals surface area contributed by atoms with Gasteiger partial charge in [0.1, 0.15) is 9.92 Å². The third-order valence-electron chi connectivity index (χ3n) is 3.50. The van der Waals surface area contributed by atoms with E-state index in [1.165, 1.54) is 29.2 Å². The second-order valence-electron chi connectivity index (χ2n) is 5.47. The number of aryl methyl sites for hydroxylation is 1. The van der Waals surface area contributed by atoms with Gasteiger partial charge in [-0.2, -0.15) is 0 Å². The fraction of sp³-hybridized carbons (Fsp3) is 0.278. The molecule has 0 aliphatic heterocycles. The minimum Gasteiger partial charge on any atom is -0.466 e. The van der Waals surface area contributed by atoms with Gasteiger partial charge in [-0.25, -0.2) is 9.78 Å². The summed E-state index contributed by atoms with van der Waals surface area (Å²) in [6.45, 7) is 4.11. The number of hydrogen-bond acceptors (Lipinski definition) is 7. The molecule has 1 aromatic carbocycles. The van der Waals surface area contributed by atoms with Crippen LogP contribution in [0.2, 0.25) is 0 Å². The Kier molecular flexibility index (Phi) is 5.55. The zero-order valence-corrected chi connectivity index (χ0v) is 15.5. The highest BCUT2D eigenvalue weighted by molar-refractivity contribution is 8.00. The lowest BCUT2D eigenvalue weighted by Crippen LogP contribution is -2.07. The van der Waals surface area contributed by atoms with Gasteiger partial charge in [-0.1, -0.05) is 23.9 Å². The van der Waals surface area contributed by atoms with Gasteiger partial charge in [0.25, 0.3) is 0 Å². The van der Waals surface area contributed by atoms with Crippen LogP contribution in [0.1, 0.15) is 23.7 Å². The van der Waals surface area contributed by atoms with E-state index in [4.69, 9.17) is 9.15 Å². The van der Waals surface area contributed by atoms with E-state index in [-0.39, 0.29) is 18.0 Å². The Morgan fingerprint density at radius 3 is 3.00 bits per heavy atom. The summed E-state index contributed by atoms with van der Waals surface area (Å²) in [5, 5.41) is 2.79. The fourth-order valence-corrected chi connectivity index (χ4v) is 4.23. The lowest BCUT2D eigenvalue weighted by Gasteiger charge is -2.04. The molecule has 0 amide bonds. The molecule has 0 atom stereocenters. The molecule has 0 radical (unpaired) electrons. The van der Waals surface area contributed by atoms with Gasteiger partial charge in [0.2, 0.25) is 0 Å². The normalized spacial score (nSPS) is 11.0. The van der Waals surface area contributed by atoms with Crippen LogP contribution < -0.4 is 5.63 Å². The monoisotopic (exact) mass is 375 g/mol. The van der Waals surface area contributed by atoms with E-state index < -0.39 is 0 Å². The highest BCUT2D eigenvalue weighted by atomic mass is 32.2. The maximum absolute atomic E-state index is 11.8. The predicted octanol–water partition coefficient (Wildman–Crippen LogP) is 3.96. The van der Waals surface area contributed by atoms with E-state index in [1.54, 1.807) is 6.92 Å². The van der Waals surface area contributed by atoms with Crippen LogP contribution in [0.4, 0.5) is 0 Å². The number of benzene rings is 1. The number of nitrogens with zero attached hydrogens (tertiary/aromatic N) is 1. The number of esters is 1. The summed E-state index contributed by atoms with van der Waals surface area (Å²) in [5.74, 6) is 0.337. The van der Waals surface area contributed by atoms with Crippen LogP contribution >= 0.6 is 23.1 Å². The number of carbonyl (C=O) groups is 1. The first-order chi connectivity index (χ1) is 12.0. The van der Waals surface area contributed by atoms with E-state index in [2.05, 4.69) is 4.98 Å². The minimum absolute atomic E-state index is 0.183. The Morgan fingerprint density at radius 2 is 2.20 bits per heavy atom.